The number of amides is 1. The highest BCUT2D eigenvalue weighted by atomic mass is 31.2. The van der Waals surface area contributed by atoms with Crippen molar-refractivity contribution < 1.29 is 32.9 Å². The molecule has 0 saturated heterocycles. The summed E-state index contributed by atoms with van der Waals surface area (Å²) in [5.74, 6) is -0.182. The van der Waals surface area contributed by atoms with E-state index in [0.717, 1.165) is 38.5 Å². The van der Waals surface area contributed by atoms with Crippen LogP contribution in [0, 0.1) is 0 Å². The maximum Gasteiger partial charge on any atom is 0.472 e. The Morgan fingerprint density at radius 1 is 0.446 bits per heavy atom. The Bertz CT molecular complexity index is 1300. The van der Waals surface area contributed by atoms with Gasteiger partial charge in [0, 0.05) is 6.42 Å². The lowest BCUT2D eigenvalue weighted by atomic mass is 10.0. The Kier molecular flexibility index (Phi) is 55.5. The topological polar surface area (TPSA) is 105 Å². The number of hydrogen-bond acceptors (Lipinski definition) is 5. The molecular weight excluding hydrogens is 936 g/mol. The number of nitrogens with zero attached hydrogens (tertiary/aromatic N) is 1. The van der Waals surface area contributed by atoms with Crippen molar-refractivity contribution in [3.8, 4) is 0 Å². The fourth-order valence-electron chi connectivity index (χ4n) is 9.76. The van der Waals surface area contributed by atoms with E-state index < -0.39 is 20.0 Å². The smallest absolute Gasteiger partial charge is 0.387 e. The zero-order valence-electron chi connectivity index (χ0n) is 50.1. The number of allylic oxidation sites excluding steroid dienone is 5. The van der Waals surface area contributed by atoms with Crippen molar-refractivity contribution >= 4 is 13.7 Å². The lowest BCUT2D eigenvalue weighted by Gasteiger charge is -2.25. The molecule has 0 aliphatic heterocycles. The molecule has 0 aromatic heterocycles. The maximum atomic E-state index is 13.0. The van der Waals surface area contributed by atoms with Crippen LogP contribution in [0.25, 0.3) is 0 Å². The molecule has 0 aromatic carbocycles. The molecule has 3 N–H and O–H groups in total. The van der Waals surface area contributed by atoms with E-state index in [1.807, 2.05) is 27.2 Å². The van der Waals surface area contributed by atoms with Gasteiger partial charge in [0.2, 0.25) is 5.91 Å². The standard InChI is InChI=1S/C65H127N2O6P/c1-6-8-10-12-14-16-18-20-22-23-24-25-26-27-28-29-30-31-32-33-34-35-36-37-38-39-40-41-42-43-45-47-49-51-53-55-57-59-65(69)66-63(62-73-74(70,71)72-61-60-67(3,4)5)64(68)58-56-54-52-50-48-46-44-21-19-17-15-13-11-9-7-2/h31-32,48,50,56,58,63-64,68H,6-30,33-47,49,51-55,57,59-62H2,1-5H3,(H-,66,69,70,71)/p+1/b32-31-,50-48+,58-56+. The van der Waals surface area contributed by atoms with Gasteiger partial charge < -0.3 is 19.8 Å². The van der Waals surface area contributed by atoms with Crippen LogP contribution in [0.5, 0.6) is 0 Å². The van der Waals surface area contributed by atoms with Gasteiger partial charge >= 0.3 is 7.82 Å². The SMILES string of the molecule is CCCCCCCCCCC/C=C/CC/C=C/C(O)C(COP(=O)(O)OCC[N+](C)(C)C)NC(=O)CCCCCCCCCCCCCCCCCCC/C=C\CCCCCCCCCCCCCCCCCC. The van der Waals surface area contributed by atoms with Gasteiger partial charge in [-0.05, 0) is 57.8 Å². The summed E-state index contributed by atoms with van der Waals surface area (Å²) in [6.07, 6.45) is 74.4. The molecular formula is C65H128N2O6P+. The summed E-state index contributed by atoms with van der Waals surface area (Å²) in [6.45, 7) is 4.83. The number of likely N-dealkylation sites (N-methyl/N-ethyl adjacent to an activating group) is 1. The van der Waals surface area contributed by atoms with Crippen LogP contribution < -0.4 is 5.32 Å². The van der Waals surface area contributed by atoms with Gasteiger partial charge in [0.25, 0.3) is 0 Å². The Balaban J connectivity index is 3.94. The zero-order chi connectivity index (χ0) is 54.2. The van der Waals surface area contributed by atoms with Crippen LogP contribution in [0.1, 0.15) is 322 Å². The van der Waals surface area contributed by atoms with Crippen molar-refractivity contribution in [2.75, 3.05) is 40.9 Å². The molecule has 0 saturated carbocycles. The van der Waals surface area contributed by atoms with Crippen molar-refractivity contribution in [2.24, 2.45) is 0 Å². The van der Waals surface area contributed by atoms with Gasteiger partial charge in [0.1, 0.15) is 13.2 Å². The predicted octanol–water partition coefficient (Wildman–Crippen LogP) is 20.1. The predicted molar refractivity (Wildman–Crippen MR) is 323 cm³/mol. The summed E-state index contributed by atoms with van der Waals surface area (Å²) in [4.78, 5) is 23.3. The second-order valence-corrected chi connectivity index (χ2v) is 24.9. The third-order valence-corrected chi connectivity index (χ3v) is 15.8. The first kappa shape index (κ1) is 72.7. The van der Waals surface area contributed by atoms with Crippen LogP contribution >= 0.6 is 7.82 Å². The number of quaternary nitrogens is 1. The van der Waals surface area contributed by atoms with E-state index in [1.165, 1.54) is 263 Å². The molecule has 0 aromatic rings. The van der Waals surface area contributed by atoms with Crippen molar-refractivity contribution in [2.45, 2.75) is 334 Å². The van der Waals surface area contributed by atoms with Crippen LogP contribution in [-0.2, 0) is 18.4 Å². The average Bonchev–Trinajstić information content (AvgIpc) is 3.36. The fourth-order valence-corrected chi connectivity index (χ4v) is 10.5. The Morgan fingerprint density at radius 3 is 1.08 bits per heavy atom. The number of aliphatic hydroxyl groups excluding tert-OH is 1. The van der Waals surface area contributed by atoms with Crippen molar-refractivity contribution in [1.82, 2.24) is 5.32 Å². The summed E-state index contributed by atoms with van der Waals surface area (Å²) in [5.41, 5.74) is 0. The van der Waals surface area contributed by atoms with Crippen LogP contribution in [0.4, 0.5) is 0 Å². The van der Waals surface area contributed by atoms with Gasteiger partial charge in [0.15, 0.2) is 0 Å². The van der Waals surface area contributed by atoms with Gasteiger partial charge in [-0.15, -0.1) is 0 Å². The van der Waals surface area contributed by atoms with E-state index in [0.29, 0.717) is 17.4 Å². The van der Waals surface area contributed by atoms with Crippen molar-refractivity contribution in [3.05, 3.63) is 36.5 Å². The van der Waals surface area contributed by atoms with E-state index >= 15 is 0 Å². The van der Waals surface area contributed by atoms with E-state index in [9.17, 15) is 19.4 Å². The van der Waals surface area contributed by atoms with Gasteiger partial charge in [-0.3, -0.25) is 13.8 Å². The number of hydrogen-bond donors (Lipinski definition) is 3. The number of rotatable bonds is 60. The first-order valence-corrected chi connectivity index (χ1v) is 33.9. The number of phosphoric ester groups is 1. The van der Waals surface area contributed by atoms with E-state index in [1.54, 1.807) is 6.08 Å². The molecule has 0 bridgehead atoms. The molecule has 9 heteroatoms. The summed E-state index contributed by atoms with van der Waals surface area (Å²) in [6, 6.07) is -0.862. The van der Waals surface area contributed by atoms with E-state index in [-0.39, 0.29) is 19.1 Å². The van der Waals surface area contributed by atoms with Crippen molar-refractivity contribution in [3.63, 3.8) is 0 Å². The minimum absolute atomic E-state index is 0.0575. The second kappa shape index (κ2) is 56.4. The number of phosphoric acid groups is 1. The summed E-state index contributed by atoms with van der Waals surface area (Å²) >= 11 is 0. The van der Waals surface area contributed by atoms with Gasteiger partial charge in [0.05, 0.1) is 39.9 Å². The van der Waals surface area contributed by atoms with E-state index in [2.05, 4.69) is 43.5 Å². The molecule has 1 amide bonds. The number of nitrogens with one attached hydrogen (secondary N) is 1. The lowest BCUT2D eigenvalue weighted by Crippen LogP contribution is -2.45. The van der Waals surface area contributed by atoms with Gasteiger partial charge in [-0.2, -0.15) is 0 Å². The Labute approximate surface area is 461 Å². The number of carbonyl (C=O) groups excluding carboxylic acids is 1. The highest BCUT2D eigenvalue weighted by Gasteiger charge is 2.27. The van der Waals surface area contributed by atoms with Gasteiger partial charge in [-0.25, -0.2) is 4.57 Å². The molecule has 8 nitrogen and oxygen atoms in total. The number of unbranched alkanes of at least 4 members (excludes halogenated alkanes) is 43. The lowest BCUT2D eigenvalue weighted by molar-refractivity contribution is -0.870. The molecule has 438 valence electrons. The first-order chi connectivity index (χ1) is 36.0. The van der Waals surface area contributed by atoms with Crippen LogP contribution in [-0.4, -0.2) is 73.4 Å². The summed E-state index contributed by atoms with van der Waals surface area (Å²) in [7, 11) is 1.57. The Hall–Kier alpha value is -1.28. The minimum atomic E-state index is -4.35. The monoisotopic (exact) mass is 1060 g/mol. The highest BCUT2D eigenvalue weighted by Crippen LogP contribution is 2.43. The molecule has 0 spiro atoms. The first-order valence-electron chi connectivity index (χ1n) is 32.4. The zero-order valence-corrected chi connectivity index (χ0v) is 51.0. The number of carbonyl (C=O) groups is 1. The molecule has 0 aliphatic carbocycles. The summed E-state index contributed by atoms with van der Waals surface area (Å²) in [5, 5.41) is 13.9. The second-order valence-electron chi connectivity index (χ2n) is 23.5. The third-order valence-electron chi connectivity index (χ3n) is 14.8. The third kappa shape index (κ3) is 58.4. The molecule has 0 fully saturated rings. The molecule has 0 radical (unpaired) electrons. The van der Waals surface area contributed by atoms with Crippen LogP contribution in [0.2, 0.25) is 0 Å². The fraction of sp³-hybridized carbons (Fsp3) is 0.892. The number of aliphatic hydroxyl groups is 1. The van der Waals surface area contributed by atoms with E-state index in [4.69, 9.17) is 9.05 Å². The molecule has 0 rings (SSSR count). The molecule has 3 unspecified atom stereocenters. The normalized spacial score (nSPS) is 14.0. The molecule has 3 atom stereocenters. The highest BCUT2D eigenvalue weighted by molar-refractivity contribution is 7.47. The molecule has 0 heterocycles. The van der Waals surface area contributed by atoms with Crippen LogP contribution in [0.3, 0.4) is 0 Å². The summed E-state index contributed by atoms with van der Waals surface area (Å²) < 4.78 is 23.7. The van der Waals surface area contributed by atoms with Gasteiger partial charge in [-0.1, -0.05) is 294 Å². The minimum Gasteiger partial charge on any atom is -0.387 e. The molecule has 74 heavy (non-hydrogen) atoms. The van der Waals surface area contributed by atoms with Crippen LogP contribution in [0.15, 0.2) is 36.5 Å². The Morgan fingerprint density at radius 2 is 0.743 bits per heavy atom. The van der Waals surface area contributed by atoms with Crippen molar-refractivity contribution in [1.29, 1.82) is 0 Å². The average molecular weight is 1060 g/mol. The maximum absolute atomic E-state index is 13.0. The largest absolute Gasteiger partial charge is 0.472 e. The quantitative estimate of drug-likeness (QED) is 0.0243. The molecule has 0 aliphatic rings.